The molecular weight excluding hydrogens is 425 g/mol. The van der Waals surface area contributed by atoms with Gasteiger partial charge in [0, 0.05) is 19.4 Å². The van der Waals surface area contributed by atoms with Gasteiger partial charge in [-0.15, -0.1) is 0 Å². The summed E-state index contributed by atoms with van der Waals surface area (Å²) in [5.74, 6) is 0.598. The summed E-state index contributed by atoms with van der Waals surface area (Å²) < 4.78 is 55.2. The van der Waals surface area contributed by atoms with Crippen LogP contribution in [0.1, 0.15) is 42.4 Å². The van der Waals surface area contributed by atoms with E-state index in [-0.39, 0.29) is 19.3 Å². The minimum absolute atomic E-state index is 0.0652. The number of alkyl halides is 3. The number of ether oxygens (including phenoxy) is 3. The predicted molar refractivity (Wildman–Crippen MR) is 112 cm³/mol. The van der Waals surface area contributed by atoms with Crippen LogP contribution in [0.3, 0.4) is 0 Å². The van der Waals surface area contributed by atoms with E-state index >= 15 is 0 Å². The van der Waals surface area contributed by atoms with Gasteiger partial charge in [-0.25, -0.2) is 0 Å². The zero-order valence-corrected chi connectivity index (χ0v) is 17.8. The fourth-order valence-electron chi connectivity index (χ4n) is 3.57. The lowest BCUT2D eigenvalue weighted by molar-refractivity contribution is -0.221. The Hall–Kier alpha value is -2.13. The van der Waals surface area contributed by atoms with Crippen molar-refractivity contribution >= 4 is 0 Å². The molecule has 0 saturated carbocycles. The van der Waals surface area contributed by atoms with Crippen molar-refractivity contribution in [3.8, 4) is 5.75 Å². The third-order valence-electron chi connectivity index (χ3n) is 5.29. The number of aliphatic hydroxyl groups is 2. The Kier molecular flexibility index (Phi) is 8.92. The summed E-state index contributed by atoms with van der Waals surface area (Å²) in [6, 6.07) is 12.6. The Bertz CT molecular complexity index is 825. The molecule has 2 N–H and O–H groups in total. The van der Waals surface area contributed by atoms with Crippen LogP contribution in [0.5, 0.6) is 5.75 Å². The number of hydrogen-bond acceptors (Lipinski definition) is 5. The van der Waals surface area contributed by atoms with Crippen LogP contribution in [0.15, 0.2) is 48.5 Å². The zero-order valence-electron chi connectivity index (χ0n) is 17.8. The van der Waals surface area contributed by atoms with Crippen LogP contribution in [0.2, 0.25) is 0 Å². The fraction of sp³-hybridized carbons (Fsp3) is 0.500. The molecule has 3 unspecified atom stereocenters. The summed E-state index contributed by atoms with van der Waals surface area (Å²) in [4.78, 5) is 0. The number of benzene rings is 2. The maximum Gasteiger partial charge on any atom is 0.416 e. The van der Waals surface area contributed by atoms with Crippen LogP contribution < -0.4 is 4.74 Å². The molecule has 1 fully saturated rings. The van der Waals surface area contributed by atoms with Crippen LogP contribution in [-0.4, -0.2) is 41.9 Å². The van der Waals surface area contributed by atoms with Crippen molar-refractivity contribution in [2.24, 2.45) is 0 Å². The van der Waals surface area contributed by atoms with Gasteiger partial charge in [0.15, 0.2) is 6.29 Å². The normalized spacial score (nSPS) is 21.5. The summed E-state index contributed by atoms with van der Waals surface area (Å²) in [5, 5.41) is 18.9. The topological polar surface area (TPSA) is 68.2 Å². The third-order valence-corrected chi connectivity index (χ3v) is 5.29. The molecule has 3 rings (SSSR count). The number of hydrogen-bond donors (Lipinski definition) is 2. The molecule has 0 radical (unpaired) electrons. The van der Waals surface area contributed by atoms with E-state index in [1.807, 2.05) is 24.3 Å². The SMILES string of the molecule is OCC1CC(O)CC(OCCCCc2ccc(OCc3cccc(C(F)(F)F)c3)cc2)O1. The molecule has 1 saturated heterocycles. The molecule has 1 aliphatic heterocycles. The van der Waals surface area contributed by atoms with E-state index in [1.165, 1.54) is 6.07 Å². The minimum Gasteiger partial charge on any atom is -0.489 e. The van der Waals surface area contributed by atoms with E-state index in [9.17, 15) is 23.4 Å². The second-order valence-electron chi connectivity index (χ2n) is 7.95. The molecule has 1 aliphatic rings. The van der Waals surface area contributed by atoms with Gasteiger partial charge in [0.1, 0.15) is 12.4 Å². The highest BCUT2D eigenvalue weighted by atomic mass is 19.4. The van der Waals surface area contributed by atoms with Crippen LogP contribution in [0.4, 0.5) is 13.2 Å². The van der Waals surface area contributed by atoms with Gasteiger partial charge in [-0.1, -0.05) is 24.3 Å². The van der Waals surface area contributed by atoms with Crippen molar-refractivity contribution in [1.82, 2.24) is 0 Å². The van der Waals surface area contributed by atoms with Gasteiger partial charge in [0.05, 0.1) is 24.4 Å². The van der Waals surface area contributed by atoms with E-state index in [0.717, 1.165) is 37.0 Å². The fourth-order valence-corrected chi connectivity index (χ4v) is 3.57. The molecule has 0 aliphatic carbocycles. The van der Waals surface area contributed by atoms with Crippen molar-refractivity contribution < 1.29 is 37.6 Å². The molecule has 1 heterocycles. The Morgan fingerprint density at radius 3 is 2.50 bits per heavy atom. The van der Waals surface area contributed by atoms with Crippen molar-refractivity contribution in [3.63, 3.8) is 0 Å². The van der Waals surface area contributed by atoms with E-state index in [4.69, 9.17) is 14.2 Å². The third kappa shape index (κ3) is 7.78. The van der Waals surface area contributed by atoms with Gasteiger partial charge in [-0.3, -0.25) is 0 Å². The van der Waals surface area contributed by atoms with Gasteiger partial charge in [0.25, 0.3) is 0 Å². The molecule has 0 amide bonds. The smallest absolute Gasteiger partial charge is 0.416 e. The number of aliphatic hydroxyl groups excluding tert-OH is 2. The maximum absolute atomic E-state index is 12.8. The van der Waals surface area contributed by atoms with Crippen LogP contribution >= 0.6 is 0 Å². The first-order valence-corrected chi connectivity index (χ1v) is 10.8. The maximum atomic E-state index is 12.8. The second-order valence-corrected chi connectivity index (χ2v) is 7.95. The monoisotopic (exact) mass is 454 g/mol. The van der Waals surface area contributed by atoms with Crippen LogP contribution in [0, 0.1) is 0 Å². The first kappa shape index (κ1) is 24.5. The average Bonchev–Trinajstić information content (AvgIpc) is 2.77. The zero-order chi connectivity index (χ0) is 23.0. The number of halogens is 3. The molecule has 176 valence electrons. The van der Waals surface area contributed by atoms with E-state index < -0.39 is 24.1 Å². The highest BCUT2D eigenvalue weighted by Crippen LogP contribution is 2.29. The lowest BCUT2D eigenvalue weighted by Crippen LogP contribution is -2.39. The van der Waals surface area contributed by atoms with E-state index in [1.54, 1.807) is 6.07 Å². The van der Waals surface area contributed by atoms with Crippen molar-refractivity contribution in [2.45, 2.75) is 63.4 Å². The first-order valence-electron chi connectivity index (χ1n) is 10.8. The van der Waals surface area contributed by atoms with Gasteiger partial charge in [0.2, 0.25) is 0 Å². The minimum atomic E-state index is -4.37. The summed E-state index contributed by atoms with van der Waals surface area (Å²) in [6.07, 6.45) is -2.31. The number of unbranched alkanes of at least 4 members (excludes halogenated alkanes) is 1. The van der Waals surface area contributed by atoms with Crippen LogP contribution in [0.25, 0.3) is 0 Å². The van der Waals surface area contributed by atoms with Crippen molar-refractivity contribution in [1.29, 1.82) is 0 Å². The number of aryl methyl sites for hydroxylation is 1. The van der Waals surface area contributed by atoms with Gasteiger partial charge in [-0.2, -0.15) is 13.2 Å². The highest BCUT2D eigenvalue weighted by Gasteiger charge is 2.30. The average molecular weight is 454 g/mol. The Morgan fingerprint density at radius 1 is 1.00 bits per heavy atom. The molecule has 5 nitrogen and oxygen atoms in total. The van der Waals surface area contributed by atoms with Crippen LogP contribution in [-0.2, 0) is 28.7 Å². The molecule has 0 spiro atoms. The first-order chi connectivity index (χ1) is 15.3. The Balaban J connectivity index is 1.35. The molecule has 8 heteroatoms. The molecule has 2 aromatic carbocycles. The van der Waals surface area contributed by atoms with Gasteiger partial charge < -0.3 is 24.4 Å². The summed E-state index contributed by atoms with van der Waals surface area (Å²) in [7, 11) is 0. The standard InChI is InChI=1S/C24H29F3O5/c25-24(26,27)19-6-3-5-18(12-19)16-31-21-9-7-17(8-10-21)4-1-2-11-30-23-14-20(29)13-22(15-28)32-23/h3,5-10,12,20,22-23,28-29H,1-2,4,11,13-16H2. The lowest BCUT2D eigenvalue weighted by Gasteiger charge is -2.32. The van der Waals surface area contributed by atoms with Gasteiger partial charge in [-0.05, 0) is 54.7 Å². The summed E-state index contributed by atoms with van der Waals surface area (Å²) in [6.45, 7) is 0.444. The van der Waals surface area contributed by atoms with Gasteiger partial charge >= 0.3 is 6.18 Å². The quantitative estimate of drug-likeness (QED) is 0.518. The Labute approximate surface area is 185 Å². The molecule has 2 aromatic rings. The van der Waals surface area contributed by atoms with E-state index in [0.29, 0.717) is 30.8 Å². The molecule has 3 atom stereocenters. The van der Waals surface area contributed by atoms with Crippen molar-refractivity contribution in [3.05, 3.63) is 65.2 Å². The van der Waals surface area contributed by atoms with E-state index in [2.05, 4.69) is 0 Å². The highest BCUT2D eigenvalue weighted by molar-refractivity contribution is 5.29. The summed E-state index contributed by atoms with van der Waals surface area (Å²) >= 11 is 0. The summed E-state index contributed by atoms with van der Waals surface area (Å²) in [5.41, 5.74) is 0.905. The van der Waals surface area contributed by atoms with Crippen molar-refractivity contribution in [2.75, 3.05) is 13.2 Å². The molecule has 32 heavy (non-hydrogen) atoms. The molecular formula is C24H29F3O5. The lowest BCUT2D eigenvalue weighted by atomic mass is 10.1. The second kappa shape index (κ2) is 11.7. The molecule has 0 aromatic heterocycles. The number of rotatable bonds is 10. The molecule has 0 bridgehead atoms. The largest absolute Gasteiger partial charge is 0.489 e. The predicted octanol–water partition coefficient (Wildman–Crippen LogP) is 4.48. The Morgan fingerprint density at radius 2 is 1.78 bits per heavy atom.